The van der Waals surface area contributed by atoms with E-state index in [1.165, 1.54) is 16.5 Å². The third-order valence-electron chi connectivity index (χ3n) is 4.43. The molecule has 0 saturated carbocycles. The summed E-state index contributed by atoms with van der Waals surface area (Å²) in [5.74, 6) is 0.586. The number of fused-ring (bicyclic) bond motifs is 1. The van der Waals surface area contributed by atoms with Crippen LogP contribution >= 0.6 is 0 Å². The molecule has 1 aliphatic heterocycles. The van der Waals surface area contributed by atoms with Crippen LogP contribution in [0, 0.1) is 0 Å². The van der Waals surface area contributed by atoms with Gasteiger partial charge in [0, 0.05) is 35.8 Å². The van der Waals surface area contributed by atoms with Crippen LogP contribution in [0.5, 0.6) is 5.75 Å². The maximum Gasteiger partial charge on any atom is 0.234 e. The quantitative estimate of drug-likeness (QED) is 0.908. The van der Waals surface area contributed by atoms with E-state index in [0.29, 0.717) is 0 Å². The van der Waals surface area contributed by atoms with Gasteiger partial charge in [-0.05, 0) is 37.1 Å². The number of hydrogen-bond donors (Lipinski definition) is 2. The number of nitrogens with zero attached hydrogens (tertiary/aromatic N) is 1. The normalized spacial score (nSPS) is 17.3. The lowest BCUT2D eigenvalue weighted by Gasteiger charge is -2.29. The van der Waals surface area contributed by atoms with Crippen LogP contribution < -0.4 is 10.5 Å². The summed E-state index contributed by atoms with van der Waals surface area (Å²) in [6, 6.07) is 5.82. The number of hydrogen-bond acceptors (Lipinski definition) is 3. The lowest BCUT2D eigenvalue weighted by atomic mass is 9.98. The van der Waals surface area contributed by atoms with Gasteiger partial charge in [-0.3, -0.25) is 9.69 Å². The summed E-state index contributed by atoms with van der Waals surface area (Å²) >= 11 is 0. The minimum Gasteiger partial charge on any atom is -0.497 e. The average Bonchev–Trinajstić information content (AvgIpc) is 2.97. The summed E-state index contributed by atoms with van der Waals surface area (Å²) in [7, 11) is 1.68. The molecule has 0 saturated heterocycles. The Kier molecular flexibility index (Phi) is 3.90. The second kappa shape index (κ2) is 5.85. The zero-order valence-corrected chi connectivity index (χ0v) is 12.9. The van der Waals surface area contributed by atoms with E-state index < -0.39 is 0 Å². The number of methoxy groups -OCH3 is 1. The first-order valence-electron chi connectivity index (χ1n) is 7.48. The predicted molar refractivity (Wildman–Crippen MR) is 87.7 cm³/mol. The number of carbonyl (C=O) groups is 1. The van der Waals surface area contributed by atoms with E-state index in [-0.39, 0.29) is 11.9 Å². The van der Waals surface area contributed by atoms with Crippen LogP contribution in [0.1, 0.15) is 18.9 Å². The van der Waals surface area contributed by atoms with Crippen molar-refractivity contribution < 1.29 is 9.53 Å². The minimum atomic E-state index is -0.270. The van der Waals surface area contributed by atoms with E-state index in [1.54, 1.807) is 7.11 Å². The second-order valence-corrected chi connectivity index (χ2v) is 5.67. The molecular weight excluding hydrogens is 278 g/mol. The molecule has 1 aromatic carbocycles. The maximum atomic E-state index is 11.3. The first-order chi connectivity index (χ1) is 10.6. The summed E-state index contributed by atoms with van der Waals surface area (Å²) in [4.78, 5) is 16.7. The number of nitrogens with one attached hydrogen (secondary N) is 1. The molecule has 3 rings (SSSR count). The molecule has 2 heterocycles. The van der Waals surface area contributed by atoms with Crippen molar-refractivity contribution in [1.29, 1.82) is 0 Å². The number of aromatic amines is 1. The van der Waals surface area contributed by atoms with Gasteiger partial charge in [-0.1, -0.05) is 6.08 Å². The minimum absolute atomic E-state index is 0.221. The standard InChI is InChI=1S/C17H21N3O2/c1-11(17(18)21)20-7-5-12(6-8-20)15-10-19-16-4-3-13(22-2)9-14(15)16/h3-5,9-11,19H,6-8H2,1-2H3,(H2,18,21)/t11-/m1/s1. The molecule has 5 heteroatoms. The molecular formula is C17H21N3O2. The Hall–Kier alpha value is -2.27. The van der Waals surface area contributed by atoms with Gasteiger partial charge in [-0.15, -0.1) is 0 Å². The number of carbonyl (C=O) groups excluding carboxylic acids is 1. The van der Waals surface area contributed by atoms with Gasteiger partial charge in [0.2, 0.25) is 5.91 Å². The molecule has 1 atom stereocenters. The number of aromatic nitrogens is 1. The Morgan fingerprint density at radius 3 is 2.91 bits per heavy atom. The van der Waals surface area contributed by atoms with E-state index >= 15 is 0 Å². The fraction of sp³-hybridized carbons (Fsp3) is 0.353. The van der Waals surface area contributed by atoms with Crippen molar-refractivity contribution in [3.8, 4) is 5.75 Å². The zero-order chi connectivity index (χ0) is 15.7. The number of primary amides is 1. The highest BCUT2D eigenvalue weighted by Crippen LogP contribution is 2.31. The first kappa shape index (κ1) is 14.7. The zero-order valence-electron chi connectivity index (χ0n) is 12.9. The molecule has 1 aliphatic rings. The molecule has 1 aromatic heterocycles. The van der Waals surface area contributed by atoms with E-state index in [4.69, 9.17) is 10.5 Å². The van der Waals surface area contributed by atoms with Crippen LogP contribution in [-0.2, 0) is 4.79 Å². The van der Waals surface area contributed by atoms with Gasteiger partial charge in [0.15, 0.2) is 0 Å². The number of amides is 1. The molecule has 0 aliphatic carbocycles. The van der Waals surface area contributed by atoms with Crippen LogP contribution in [0.15, 0.2) is 30.5 Å². The topological polar surface area (TPSA) is 71.3 Å². The average molecular weight is 299 g/mol. The highest BCUT2D eigenvalue weighted by Gasteiger charge is 2.22. The molecule has 0 radical (unpaired) electrons. The number of benzene rings is 1. The predicted octanol–water partition coefficient (Wildman–Crippen LogP) is 2.14. The van der Waals surface area contributed by atoms with Gasteiger partial charge in [0.25, 0.3) is 0 Å². The Morgan fingerprint density at radius 2 is 2.27 bits per heavy atom. The summed E-state index contributed by atoms with van der Waals surface area (Å²) in [5, 5.41) is 1.17. The number of nitrogens with two attached hydrogens (primary N) is 1. The molecule has 0 fully saturated rings. The molecule has 5 nitrogen and oxygen atoms in total. The van der Waals surface area contributed by atoms with Gasteiger partial charge in [-0.25, -0.2) is 0 Å². The third-order valence-corrected chi connectivity index (χ3v) is 4.43. The second-order valence-electron chi connectivity index (χ2n) is 5.67. The SMILES string of the molecule is COc1ccc2[nH]cc(C3=CCN([C@H](C)C(N)=O)CC3)c2c1. The summed E-state index contributed by atoms with van der Waals surface area (Å²) < 4.78 is 5.32. The molecule has 1 amide bonds. The number of H-pyrrole nitrogens is 1. The summed E-state index contributed by atoms with van der Waals surface area (Å²) in [5.41, 5.74) is 8.99. The highest BCUT2D eigenvalue weighted by molar-refractivity contribution is 5.93. The van der Waals surface area contributed by atoms with Crippen molar-refractivity contribution in [1.82, 2.24) is 9.88 Å². The summed E-state index contributed by atoms with van der Waals surface area (Å²) in [6.45, 7) is 3.44. The maximum absolute atomic E-state index is 11.3. The smallest absolute Gasteiger partial charge is 0.234 e. The van der Waals surface area contributed by atoms with Crippen LogP contribution in [0.3, 0.4) is 0 Å². The molecule has 0 spiro atoms. The fourth-order valence-corrected chi connectivity index (χ4v) is 2.95. The largest absolute Gasteiger partial charge is 0.497 e. The monoisotopic (exact) mass is 299 g/mol. The number of ether oxygens (including phenoxy) is 1. The molecule has 2 aromatic rings. The van der Waals surface area contributed by atoms with E-state index in [1.807, 2.05) is 25.3 Å². The molecule has 0 bridgehead atoms. The van der Waals surface area contributed by atoms with Crippen molar-refractivity contribution in [3.05, 3.63) is 36.0 Å². The molecule has 0 unspecified atom stereocenters. The van der Waals surface area contributed by atoms with Gasteiger partial charge in [0.05, 0.1) is 13.2 Å². The molecule has 22 heavy (non-hydrogen) atoms. The van der Waals surface area contributed by atoms with Gasteiger partial charge in [0.1, 0.15) is 5.75 Å². The van der Waals surface area contributed by atoms with Crippen LogP contribution in [0.4, 0.5) is 0 Å². The lowest BCUT2D eigenvalue weighted by molar-refractivity contribution is -0.122. The van der Waals surface area contributed by atoms with E-state index in [9.17, 15) is 4.79 Å². The Balaban J connectivity index is 1.88. The third kappa shape index (κ3) is 2.60. The van der Waals surface area contributed by atoms with Gasteiger partial charge >= 0.3 is 0 Å². The van der Waals surface area contributed by atoms with Crippen molar-refractivity contribution in [2.45, 2.75) is 19.4 Å². The van der Waals surface area contributed by atoms with Gasteiger partial charge in [-0.2, -0.15) is 0 Å². The van der Waals surface area contributed by atoms with Crippen LogP contribution in [-0.4, -0.2) is 42.0 Å². The van der Waals surface area contributed by atoms with Gasteiger partial charge < -0.3 is 15.5 Å². The van der Waals surface area contributed by atoms with Crippen molar-refractivity contribution in [2.75, 3.05) is 20.2 Å². The molecule has 116 valence electrons. The molecule has 3 N–H and O–H groups in total. The van der Waals surface area contributed by atoms with Crippen molar-refractivity contribution in [3.63, 3.8) is 0 Å². The lowest BCUT2D eigenvalue weighted by Crippen LogP contribution is -2.44. The van der Waals surface area contributed by atoms with E-state index in [2.05, 4.69) is 22.0 Å². The Labute approximate surface area is 129 Å². The number of rotatable bonds is 4. The van der Waals surface area contributed by atoms with Crippen molar-refractivity contribution >= 4 is 22.4 Å². The first-order valence-corrected chi connectivity index (χ1v) is 7.48. The highest BCUT2D eigenvalue weighted by atomic mass is 16.5. The van der Waals surface area contributed by atoms with E-state index in [0.717, 1.165) is 30.8 Å². The summed E-state index contributed by atoms with van der Waals surface area (Å²) in [6.07, 6.45) is 5.13. The van der Waals surface area contributed by atoms with Crippen LogP contribution in [0.2, 0.25) is 0 Å². The van der Waals surface area contributed by atoms with Crippen molar-refractivity contribution in [2.24, 2.45) is 5.73 Å². The Morgan fingerprint density at radius 1 is 1.45 bits per heavy atom. The van der Waals surface area contributed by atoms with Crippen LogP contribution in [0.25, 0.3) is 16.5 Å². The Bertz CT molecular complexity index is 733. The fourth-order valence-electron chi connectivity index (χ4n) is 2.95.